The van der Waals surface area contributed by atoms with Gasteiger partial charge in [0.25, 0.3) is 0 Å². The molecule has 1 unspecified atom stereocenters. The Kier molecular flexibility index (Phi) is 6.29. The maximum absolute atomic E-state index is 13.1. The van der Waals surface area contributed by atoms with Crippen LogP contribution in [0, 0.1) is 0 Å². The van der Waals surface area contributed by atoms with Gasteiger partial charge in [-0.25, -0.2) is 9.59 Å². The molecule has 9 nitrogen and oxygen atoms in total. The number of fused-ring (bicyclic) bond motifs is 1. The summed E-state index contributed by atoms with van der Waals surface area (Å²) in [6.07, 6.45) is 0.648. The molecule has 30 heavy (non-hydrogen) atoms. The predicted octanol–water partition coefficient (Wildman–Crippen LogP) is 1.45. The van der Waals surface area contributed by atoms with Gasteiger partial charge >= 0.3 is 11.9 Å². The molecule has 2 aliphatic heterocycles. The van der Waals surface area contributed by atoms with Gasteiger partial charge in [0.1, 0.15) is 6.61 Å². The van der Waals surface area contributed by atoms with Crippen molar-refractivity contribution in [2.45, 2.75) is 19.8 Å². The lowest BCUT2D eigenvalue weighted by Gasteiger charge is -2.30. The second-order valence-corrected chi connectivity index (χ2v) is 6.93. The number of ether oxygens (including phenoxy) is 4. The lowest BCUT2D eigenvalue weighted by atomic mass is 9.80. The van der Waals surface area contributed by atoms with E-state index in [1.54, 1.807) is 39.1 Å². The maximum Gasteiger partial charge on any atom is 0.336 e. The number of hydrogen-bond donors (Lipinski definition) is 1. The summed E-state index contributed by atoms with van der Waals surface area (Å²) in [4.78, 5) is 37.8. The molecule has 0 spiro atoms. The molecule has 1 aromatic carbocycles. The Morgan fingerprint density at radius 3 is 2.57 bits per heavy atom. The highest BCUT2D eigenvalue weighted by molar-refractivity contribution is 6.00. The number of amides is 1. The fourth-order valence-corrected chi connectivity index (χ4v) is 3.55. The largest absolute Gasteiger partial charge is 0.466 e. The van der Waals surface area contributed by atoms with Gasteiger partial charge < -0.3 is 29.2 Å². The van der Waals surface area contributed by atoms with E-state index in [0.717, 1.165) is 0 Å². The van der Waals surface area contributed by atoms with E-state index in [0.29, 0.717) is 34.9 Å². The van der Waals surface area contributed by atoms with E-state index in [1.807, 2.05) is 0 Å². The molecule has 160 valence electrons. The Balaban J connectivity index is 2.04. The zero-order valence-electron chi connectivity index (χ0n) is 17.3. The van der Waals surface area contributed by atoms with Crippen molar-refractivity contribution in [1.82, 2.24) is 10.2 Å². The molecule has 0 radical (unpaired) electrons. The molecule has 1 N–H and O–H groups in total. The molecule has 1 aromatic rings. The SMILES string of the molecule is COC(=O)C1=C(C)NC(C)=C(C(=O)OCCN(C)C=O)C1c1cccc2c1OCO2. The Bertz CT molecular complexity index is 935. The highest BCUT2D eigenvalue weighted by Gasteiger charge is 2.40. The third-order valence-electron chi connectivity index (χ3n) is 4.98. The van der Waals surface area contributed by atoms with Crippen LogP contribution in [0.1, 0.15) is 25.3 Å². The molecule has 0 fully saturated rings. The zero-order chi connectivity index (χ0) is 21.8. The topological polar surface area (TPSA) is 103 Å². The van der Waals surface area contributed by atoms with E-state index in [1.165, 1.54) is 12.0 Å². The number of dihydropyridines is 1. The summed E-state index contributed by atoms with van der Waals surface area (Å²) >= 11 is 0. The van der Waals surface area contributed by atoms with Crippen LogP contribution < -0.4 is 14.8 Å². The van der Waals surface area contributed by atoms with Gasteiger partial charge in [0.05, 0.1) is 30.7 Å². The molecule has 2 aliphatic rings. The number of nitrogens with one attached hydrogen (secondary N) is 1. The van der Waals surface area contributed by atoms with Crippen LogP contribution in [-0.4, -0.2) is 57.4 Å². The Hall–Kier alpha value is -3.49. The zero-order valence-corrected chi connectivity index (χ0v) is 17.3. The molecule has 0 aromatic heterocycles. The van der Waals surface area contributed by atoms with Crippen LogP contribution in [-0.2, 0) is 23.9 Å². The number of esters is 2. The number of allylic oxidation sites excluding steroid dienone is 2. The van der Waals surface area contributed by atoms with Crippen LogP contribution in [0.25, 0.3) is 0 Å². The first-order valence-electron chi connectivity index (χ1n) is 9.37. The third kappa shape index (κ3) is 3.96. The molecule has 2 heterocycles. The minimum Gasteiger partial charge on any atom is -0.466 e. The number of methoxy groups -OCH3 is 1. The normalized spacial score (nSPS) is 17.4. The summed E-state index contributed by atoms with van der Waals surface area (Å²) in [5, 5.41) is 3.07. The maximum atomic E-state index is 13.1. The van der Waals surface area contributed by atoms with Crippen molar-refractivity contribution < 1.29 is 33.3 Å². The average Bonchev–Trinajstić information content (AvgIpc) is 3.21. The van der Waals surface area contributed by atoms with E-state index in [2.05, 4.69) is 5.32 Å². The fourth-order valence-electron chi connectivity index (χ4n) is 3.55. The molecule has 3 rings (SSSR count). The van der Waals surface area contributed by atoms with Crippen LogP contribution in [0.15, 0.2) is 40.7 Å². The molecule has 0 aliphatic carbocycles. The molecule has 0 bridgehead atoms. The fraction of sp³-hybridized carbons (Fsp3) is 0.381. The van der Waals surface area contributed by atoms with Crippen LogP contribution in [0.5, 0.6) is 11.5 Å². The molecule has 1 amide bonds. The van der Waals surface area contributed by atoms with E-state index in [4.69, 9.17) is 18.9 Å². The molecular formula is C21H24N2O7. The highest BCUT2D eigenvalue weighted by Crippen LogP contribution is 2.47. The van der Waals surface area contributed by atoms with Gasteiger partial charge in [-0.15, -0.1) is 0 Å². The van der Waals surface area contributed by atoms with Crippen molar-refractivity contribution in [3.05, 3.63) is 46.3 Å². The number of hydrogen-bond acceptors (Lipinski definition) is 8. The van der Waals surface area contributed by atoms with E-state index < -0.39 is 17.9 Å². The Labute approximate surface area is 174 Å². The van der Waals surface area contributed by atoms with Gasteiger partial charge in [-0.2, -0.15) is 0 Å². The number of para-hydroxylation sites is 1. The van der Waals surface area contributed by atoms with Crippen LogP contribution in [0.4, 0.5) is 0 Å². The minimum absolute atomic E-state index is 0.0142. The first-order valence-corrected chi connectivity index (χ1v) is 9.37. The van der Waals surface area contributed by atoms with Gasteiger partial charge in [0.15, 0.2) is 11.5 Å². The van der Waals surface area contributed by atoms with Gasteiger partial charge in [-0.05, 0) is 19.9 Å². The monoisotopic (exact) mass is 416 g/mol. The second-order valence-electron chi connectivity index (χ2n) is 6.93. The summed E-state index contributed by atoms with van der Waals surface area (Å²) in [7, 11) is 2.87. The van der Waals surface area contributed by atoms with Crippen LogP contribution >= 0.6 is 0 Å². The molecule has 0 saturated carbocycles. The van der Waals surface area contributed by atoms with Gasteiger partial charge in [-0.3, -0.25) is 4.79 Å². The number of benzene rings is 1. The lowest BCUT2D eigenvalue weighted by Crippen LogP contribution is -2.33. The molecule has 1 atom stereocenters. The molecule has 0 saturated heterocycles. The van der Waals surface area contributed by atoms with E-state index in [-0.39, 0.29) is 31.1 Å². The smallest absolute Gasteiger partial charge is 0.336 e. The summed E-state index contributed by atoms with van der Waals surface area (Å²) < 4.78 is 21.5. The average molecular weight is 416 g/mol. The van der Waals surface area contributed by atoms with Crippen molar-refractivity contribution in [3.8, 4) is 11.5 Å². The molecule has 9 heteroatoms. The lowest BCUT2D eigenvalue weighted by molar-refractivity contribution is -0.140. The Morgan fingerprint density at radius 1 is 1.20 bits per heavy atom. The highest BCUT2D eigenvalue weighted by atomic mass is 16.7. The van der Waals surface area contributed by atoms with Crippen molar-refractivity contribution in [2.24, 2.45) is 0 Å². The number of carbonyl (C=O) groups is 3. The standard InChI is InChI=1S/C21H24N2O7/c1-12-16(20(25)27-4)18(14-6-5-7-15-19(14)30-11-29-15)17(13(2)22-12)21(26)28-9-8-23(3)10-24/h5-7,10,18,22H,8-9,11H2,1-4H3. The quantitative estimate of drug-likeness (QED) is 0.526. The van der Waals surface area contributed by atoms with Gasteiger partial charge in [0, 0.05) is 24.0 Å². The summed E-state index contributed by atoms with van der Waals surface area (Å²) in [6.45, 7) is 3.79. The van der Waals surface area contributed by atoms with Crippen molar-refractivity contribution in [3.63, 3.8) is 0 Å². The van der Waals surface area contributed by atoms with Crippen molar-refractivity contribution in [2.75, 3.05) is 34.1 Å². The number of rotatable bonds is 7. The second kappa shape index (κ2) is 8.89. The summed E-state index contributed by atoms with van der Waals surface area (Å²) in [5.74, 6) is -0.940. The van der Waals surface area contributed by atoms with Crippen LogP contribution in [0.3, 0.4) is 0 Å². The van der Waals surface area contributed by atoms with E-state index >= 15 is 0 Å². The van der Waals surface area contributed by atoms with E-state index in [9.17, 15) is 14.4 Å². The number of carbonyl (C=O) groups excluding carboxylic acids is 3. The van der Waals surface area contributed by atoms with Gasteiger partial charge in [-0.1, -0.05) is 12.1 Å². The number of likely N-dealkylation sites (N-methyl/N-ethyl adjacent to an activating group) is 1. The number of nitrogens with zero attached hydrogens (tertiary/aromatic N) is 1. The summed E-state index contributed by atoms with van der Waals surface area (Å²) in [5.41, 5.74) is 2.26. The van der Waals surface area contributed by atoms with Crippen molar-refractivity contribution >= 4 is 18.3 Å². The summed E-state index contributed by atoms with van der Waals surface area (Å²) in [6, 6.07) is 5.30. The first kappa shape index (κ1) is 21.2. The molecular weight excluding hydrogens is 392 g/mol. The van der Waals surface area contributed by atoms with Gasteiger partial charge in [0.2, 0.25) is 13.2 Å². The van der Waals surface area contributed by atoms with Crippen molar-refractivity contribution in [1.29, 1.82) is 0 Å². The minimum atomic E-state index is -0.772. The third-order valence-corrected chi connectivity index (χ3v) is 4.98. The first-order chi connectivity index (χ1) is 14.4. The van der Waals surface area contributed by atoms with Crippen LogP contribution in [0.2, 0.25) is 0 Å². The predicted molar refractivity (Wildman–Crippen MR) is 106 cm³/mol. The Morgan fingerprint density at radius 2 is 1.90 bits per heavy atom.